The predicted octanol–water partition coefficient (Wildman–Crippen LogP) is 3.88. The zero-order valence-electron chi connectivity index (χ0n) is 11.1. The van der Waals surface area contributed by atoms with Gasteiger partial charge >= 0.3 is 0 Å². The van der Waals surface area contributed by atoms with E-state index in [1.165, 1.54) is 0 Å². The van der Waals surface area contributed by atoms with Crippen molar-refractivity contribution in [2.75, 3.05) is 11.4 Å². The first-order chi connectivity index (χ1) is 10.1. The monoisotopic (exact) mass is 412 g/mol. The van der Waals surface area contributed by atoms with Crippen molar-refractivity contribution >= 4 is 49.2 Å². The fourth-order valence-corrected chi connectivity index (χ4v) is 3.05. The topological polar surface area (TPSA) is 74.7 Å². The Bertz CT molecular complexity index is 634. The van der Waals surface area contributed by atoms with Gasteiger partial charge in [0.2, 0.25) is 0 Å². The number of rotatable bonds is 5. The van der Waals surface area contributed by atoms with E-state index < -0.39 is 0 Å². The number of anilines is 2. The molecule has 3 N–H and O–H groups in total. The molecule has 0 radical (unpaired) electrons. The number of amidine groups is 1. The zero-order chi connectivity index (χ0) is 15.2. The number of benzene rings is 1. The van der Waals surface area contributed by atoms with Crippen LogP contribution < -0.4 is 10.6 Å². The highest BCUT2D eigenvalue weighted by molar-refractivity contribution is 9.11. The van der Waals surface area contributed by atoms with Crippen molar-refractivity contribution in [3.63, 3.8) is 0 Å². The summed E-state index contributed by atoms with van der Waals surface area (Å²) < 4.78 is 1.75. The fourth-order valence-electron chi connectivity index (χ4n) is 1.85. The number of hydrogen-bond acceptors (Lipinski definition) is 4. The predicted molar refractivity (Wildman–Crippen MR) is 91.1 cm³/mol. The summed E-state index contributed by atoms with van der Waals surface area (Å²) >= 11 is 6.92. The van der Waals surface area contributed by atoms with E-state index in [9.17, 15) is 0 Å². The second-order valence-electron chi connectivity index (χ2n) is 4.29. The Morgan fingerprint density at radius 3 is 2.62 bits per heavy atom. The molecule has 0 spiro atoms. The Hall–Kier alpha value is -1.60. The van der Waals surface area contributed by atoms with E-state index in [-0.39, 0.29) is 5.84 Å². The number of oxime groups is 1. The third-order valence-electron chi connectivity index (χ3n) is 2.83. The standard InChI is InChI=1S/C14H14Br2N4O/c15-10-8-12(16)14(18-9-10)20(7-6-13(17)19-21)11-4-2-1-3-5-11/h1-5,8-9,21H,6-7H2,(H2,17,19). The average Bonchev–Trinajstić information content (AvgIpc) is 2.50. The lowest BCUT2D eigenvalue weighted by molar-refractivity contribution is 0.317. The van der Waals surface area contributed by atoms with Gasteiger partial charge in [0, 0.05) is 29.3 Å². The van der Waals surface area contributed by atoms with Crippen LogP contribution in [-0.4, -0.2) is 22.6 Å². The smallest absolute Gasteiger partial charge is 0.147 e. The van der Waals surface area contributed by atoms with Gasteiger partial charge in [0.15, 0.2) is 0 Å². The van der Waals surface area contributed by atoms with E-state index in [0.717, 1.165) is 20.5 Å². The first-order valence-corrected chi connectivity index (χ1v) is 7.80. The highest BCUT2D eigenvalue weighted by atomic mass is 79.9. The molecule has 7 heteroatoms. The van der Waals surface area contributed by atoms with Crippen LogP contribution in [0.2, 0.25) is 0 Å². The van der Waals surface area contributed by atoms with E-state index in [1.54, 1.807) is 6.20 Å². The summed E-state index contributed by atoms with van der Waals surface area (Å²) in [6.45, 7) is 0.549. The van der Waals surface area contributed by atoms with Crippen molar-refractivity contribution in [1.29, 1.82) is 0 Å². The van der Waals surface area contributed by atoms with Gasteiger partial charge in [-0.15, -0.1) is 0 Å². The van der Waals surface area contributed by atoms with Crippen LogP contribution in [0.3, 0.4) is 0 Å². The Morgan fingerprint density at radius 2 is 2.00 bits per heavy atom. The SMILES string of the molecule is N/C(CCN(c1ccccc1)c1ncc(Br)cc1Br)=N/O. The Morgan fingerprint density at radius 1 is 1.29 bits per heavy atom. The summed E-state index contributed by atoms with van der Waals surface area (Å²) in [4.78, 5) is 6.46. The van der Waals surface area contributed by atoms with Gasteiger partial charge in [-0.25, -0.2) is 4.98 Å². The second kappa shape index (κ2) is 7.42. The number of hydrogen-bond donors (Lipinski definition) is 2. The summed E-state index contributed by atoms with van der Waals surface area (Å²) in [7, 11) is 0. The minimum Gasteiger partial charge on any atom is -0.409 e. The molecule has 0 atom stereocenters. The molecular weight excluding hydrogens is 400 g/mol. The van der Waals surface area contributed by atoms with E-state index in [4.69, 9.17) is 10.9 Å². The summed E-state index contributed by atoms with van der Waals surface area (Å²) in [5.74, 6) is 0.958. The van der Waals surface area contributed by atoms with E-state index in [2.05, 4.69) is 42.0 Å². The van der Waals surface area contributed by atoms with Crippen molar-refractivity contribution in [2.24, 2.45) is 10.9 Å². The molecule has 2 rings (SSSR count). The number of nitrogens with two attached hydrogens (primary N) is 1. The third-order valence-corrected chi connectivity index (χ3v) is 3.85. The van der Waals surface area contributed by atoms with Gasteiger partial charge in [-0.2, -0.15) is 0 Å². The highest BCUT2D eigenvalue weighted by Crippen LogP contribution is 2.31. The van der Waals surface area contributed by atoms with Crippen molar-refractivity contribution in [1.82, 2.24) is 4.98 Å². The van der Waals surface area contributed by atoms with Crippen LogP contribution in [0.1, 0.15) is 6.42 Å². The molecular formula is C14H14Br2N4O. The molecule has 0 saturated heterocycles. The van der Waals surface area contributed by atoms with Crippen LogP contribution in [0.5, 0.6) is 0 Å². The summed E-state index contributed by atoms with van der Waals surface area (Å²) in [6.07, 6.45) is 2.16. The largest absolute Gasteiger partial charge is 0.409 e. The molecule has 1 aromatic heterocycles. The van der Waals surface area contributed by atoms with Gasteiger partial charge in [-0.3, -0.25) is 0 Å². The molecule has 0 unspecified atom stereocenters. The molecule has 21 heavy (non-hydrogen) atoms. The van der Waals surface area contributed by atoms with Crippen molar-refractivity contribution < 1.29 is 5.21 Å². The van der Waals surface area contributed by atoms with Gasteiger partial charge in [-0.1, -0.05) is 23.4 Å². The zero-order valence-corrected chi connectivity index (χ0v) is 14.2. The maximum atomic E-state index is 8.69. The fraction of sp³-hybridized carbons (Fsp3) is 0.143. The molecule has 0 aliphatic heterocycles. The number of pyridine rings is 1. The van der Waals surface area contributed by atoms with Crippen molar-refractivity contribution in [2.45, 2.75) is 6.42 Å². The maximum absolute atomic E-state index is 8.69. The van der Waals surface area contributed by atoms with Crippen molar-refractivity contribution in [3.8, 4) is 0 Å². The van der Waals surface area contributed by atoms with Gasteiger partial charge < -0.3 is 15.8 Å². The lowest BCUT2D eigenvalue weighted by atomic mass is 10.2. The maximum Gasteiger partial charge on any atom is 0.147 e. The van der Waals surface area contributed by atoms with Crippen LogP contribution in [0.4, 0.5) is 11.5 Å². The molecule has 1 heterocycles. The molecule has 0 fully saturated rings. The van der Waals surface area contributed by atoms with Gasteiger partial charge in [0.1, 0.15) is 11.7 Å². The first kappa shape index (κ1) is 15.8. The number of nitrogens with zero attached hydrogens (tertiary/aromatic N) is 3. The lowest BCUT2D eigenvalue weighted by Crippen LogP contribution is -2.25. The van der Waals surface area contributed by atoms with Crippen LogP contribution in [0.15, 0.2) is 56.7 Å². The first-order valence-electron chi connectivity index (χ1n) is 6.22. The van der Waals surface area contributed by atoms with Crippen molar-refractivity contribution in [3.05, 3.63) is 51.5 Å². The van der Waals surface area contributed by atoms with Gasteiger partial charge in [0.25, 0.3) is 0 Å². The summed E-state index contributed by atoms with van der Waals surface area (Å²) in [6, 6.07) is 11.8. The Balaban J connectivity index is 2.35. The lowest BCUT2D eigenvalue weighted by Gasteiger charge is -2.24. The molecule has 110 valence electrons. The Labute approximate surface area is 139 Å². The molecule has 0 aliphatic rings. The minimum atomic E-state index is 0.184. The van der Waals surface area contributed by atoms with Crippen LogP contribution >= 0.6 is 31.9 Å². The number of aromatic nitrogens is 1. The molecule has 0 amide bonds. The van der Waals surface area contributed by atoms with Gasteiger partial charge in [-0.05, 0) is 50.1 Å². The van der Waals surface area contributed by atoms with Crippen LogP contribution in [0, 0.1) is 0 Å². The van der Waals surface area contributed by atoms with Gasteiger partial charge in [0.05, 0.1) is 4.47 Å². The molecule has 5 nitrogen and oxygen atoms in total. The number of halogens is 2. The summed E-state index contributed by atoms with van der Waals surface area (Å²) in [5.41, 5.74) is 6.56. The van der Waals surface area contributed by atoms with E-state index >= 15 is 0 Å². The van der Waals surface area contributed by atoms with Crippen LogP contribution in [0.25, 0.3) is 0 Å². The summed E-state index contributed by atoms with van der Waals surface area (Å²) in [5, 5.41) is 11.7. The quantitative estimate of drug-likeness (QED) is 0.337. The molecule has 2 aromatic rings. The third kappa shape index (κ3) is 4.18. The second-order valence-corrected chi connectivity index (χ2v) is 6.06. The van der Waals surface area contributed by atoms with Crippen LogP contribution in [-0.2, 0) is 0 Å². The molecule has 0 aliphatic carbocycles. The van der Waals surface area contributed by atoms with E-state index in [0.29, 0.717) is 13.0 Å². The normalized spacial score (nSPS) is 11.4. The molecule has 0 bridgehead atoms. The highest BCUT2D eigenvalue weighted by Gasteiger charge is 2.14. The Kier molecular flexibility index (Phi) is 5.58. The molecule has 0 saturated carbocycles. The number of para-hydroxylation sites is 1. The average molecular weight is 414 g/mol. The van der Waals surface area contributed by atoms with E-state index in [1.807, 2.05) is 41.3 Å². The minimum absolute atomic E-state index is 0.184. The molecule has 1 aromatic carbocycles.